The summed E-state index contributed by atoms with van der Waals surface area (Å²) in [5, 5.41) is 8.28. The topological polar surface area (TPSA) is 74.5 Å². The van der Waals surface area contributed by atoms with Crippen LogP contribution in [0.1, 0.15) is 45.4 Å². The maximum Gasteiger partial charge on any atom is 0.241 e. The SMILES string of the molecule is CC1CC(C)CN(CCCNC(=O)C2CCN(Cc3nc(-c4ccc(Cl)cc4Cl)no3)CC2)C1. The van der Waals surface area contributed by atoms with Gasteiger partial charge in [0.25, 0.3) is 0 Å². The zero-order valence-corrected chi connectivity index (χ0v) is 21.6. The fraction of sp³-hybridized carbons (Fsp3) is 0.640. The smallest absolute Gasteiger partial charge is 0.241 e. The van der Waals surface area contributed by atoms with Crippen LogP contribution in [0.15, 0.2) is 22.7 Å². The van der Waals surface area contributed by atoms with Crippen LogP contribution in [0.3, 0.4) is 0 Å². The number of halogens is 2. The van der Waals surface area contributed by atoms with E-state index in [9.17, 15) is 4.79 Å². The van der Waals surface area contributed by atoms with Gasteiger partial charge in [-0.2, -0.15) is 4.98 Å². The molecular formula is C25H35Cl2N5O2. The molecule has 1 aromatic carbocycles. The highest BCUT2D eigenvalue weighted by Crippen LogP contribution is 2.29. The van der Waals surface area contributed by atoms with Crippen LogP contribution in [-0.4, -0.2) is 65.1 Å². The first-order chi connectivity index (χ1) is 16.4. The lowest BCUT2D eigenvalue weighted by atomic mass is 9.92. The summed E-state index contributed by atoms with van der Waals surface area (Å²) in [5.41, 5.74) is 0.695. The van der Waals surface area contributed by atoms with E-state index in [0.717, 1.165) is 57.3 Å². The van der Waals surface area contributed by atoms with Crippen LogP contribution in [0, 0.1) is 17.8 Å². The summed E-state index contributed by atoms with van der Waals surface area (Å²) in [6.07, 6.45) is 4.03. The molecule has 1 amide bonds. The number of aromatic nitrogens is 2. The van der Waals surface area contributed by atoms with Gasteiger partial charge in [-0.05, 0) is 75.4 Å². The molecule has 2 unspecified atom stereocenters. The minimum atomic E-state index is 0.0809. The van der Waals surface area contributed by atoms with Gasteiger partial charge in [0.15, 0.2) is 0 Å². The maximum absolute atomic E-state index is 12.6. The summed E-state index contributed by atoms with van der Waals surface area (Å²) in [7, 11) is 0. The molecule has 2 aromatic rings. The number of nitrogens with zero attached hydrogens (tertiary/aromatic N) is 4. The quantitative estimate of drug-likeness (QED) is 0.520. The highest BCUT2D eigenvalue weighted by Gasteiger charge is 2.26. The van der Waals surface area contributed by atoms with Crippen LogP contribution in [0.5, 0.6) is 0 Å². The molecule has 2 aliphatic heterocycles. The number of carbonyl (C=O) groups is 1. The van der Waals surface area contributed by atoms with Crippen molar-refractivity contribution in [2.75, 3.05) is 39.3 Å². The van der Waals surface area contributed by atoms with Crippen LogP contribution in [0.25, 0.3) is 11.4 Å². The minimum absolute atomic E-state index is 0.0809. The second-order valence-corrected chi connectivity index (χ2v) is 10.9. The predicted molar refractivity (Wildman–Crippen MR) is 135 cm³/mol. The number of nitrogens with one attached hydrogen (secondary N) is 1. The molecule has 4 rings (SSSR count). The second kappa shape index (κ2) is 11.8. The van der Waals surface area contributed by atoms with Crippen molar-refractivity contribution in [3.05, 3.63) is 34.1 Å². The summed E-state index contributed by atoms with van der Waals surface area (Å²) in [5.74, 6) is 2.83. The Morgan fingerprint density at radius 1 is 1.15 bits per heavy atom. The molecule has 186 valence electrons. The molecule has 0 radical (unpaired) electrons. The van der Waals surface area contributed by atoms with Crippen molar-refractivity contribution in [2.24, 2.45) is 17.8 Å². The second-order valence-electron chi connectivity index (χ2n) is 10.0. The molecule has 9 heteroatoms. The van der Waals surface area contributed by atoms with Gasteiger partial charge in [0.1, 0.15) is 0 Å². The number of hydrogen-bond acceptors (Lipinski definition) is 6. The first-order valence-corrected chi connectivity index (χ1v) is 13.1. The largest absolute Gasteiger partial charge is 0.356 e. The highest BCUT2D eigenvalue weighted by atomic mass is 35.5. The summed E-state index contributed by atoms with van der Waals surface area (Å²) < 4.78 is 5.43. The van der Waals surface area contributed by atoms with Gasteiger partial charge in [0.2, 0.25) is 17.6 Å². The molecule has 2 saturated heterocycles. The van der Waals surface area contributed by atoms with Gasteiger partial charge < -0.3 is 14.7 Å². The van der Waals surface area contributed by atoms with E-state index in [1.54, 1.807) is 18.2 Å². The van der Waals surface area contributed by atoms with Gasteiger partial charge in [0, 0.05) is 36.1 Å². The number of benzene rings is 1. The lowest BCUT2D eigenvalue weighted by Gasteiger charge is -2.35. The molecule has 7 nitrogen and oxygen atoms in total. The number of amides is 1. The zero-order valence-electron chi connectivity index (χ0n) is 20.1. The van der Waals surface area contributed by atoms with Crippen molar-refractivity contribution in [1.82, 2.24) is 25.3 Å². The van der Waals surface area contributed by atoms with Gasteiger partial charge in [-0.3, -0.25) is 9.69 Å². The average molecular weight is 508 g/mol. The summed E-state index contributed by atoms with van der Waals surface area (Å²) in [6, 6.07) is 5.21. The first-order valence-electron chi connectivity index (χ1n) is 12.4. The van der Waals surface area contributed by atoms with Crippen LogP contribution < -0.4 is 5.32 Å². The highest BCUT2D eigenvalue weighted by molar-refractivity contribution is 6.36. The Morgan fingerprint density at radius 2 is 1.88 bits per heavy atom. The van der Waals surface area contributed by atoms with Crippen LogP contribution in [0.2, 0.25) is 10.0 Å². The average Bonchev–Trinajstić information content (AvgIpc) is 3.24. The van der Waals surface area contributed by atoms with E-state index in [0.29, 0.717) is 33.9 Å². The Labute approximate surface area is 212 Å². The van der Waals surface area contributed by atoms with Gasteiger partial charge in [-0.1, -0.05) is 42.2 Å². The minimum Gasteiger partial charge on any atom is -0.356 e. The van der Waals surface area contributed by atoms with Crippen LogP contribution in [0.4, 0.5) is 0 Å². The number of rotatable bonds is 8. The van der Waals surface area contributed by atoms with E-state index < -0.39 is 0 Å². The molecular weight excluding hydrogens is 473 g/mol. The normalized spacial score (nSPS) is 22.7. The lowest BCUT2D eigenvalue weighted by Crippen LogP contribution is -2.42. The molecule has 1 N–H and O–H groups in total. The molecule has 34 heavy (non-hydrogen) atoms. The monoisotopic (exact) mass is 507 g/mol. The first kappa shape index (κ1) is 25.4. The van der Waals surface area contributed by atoms with E-state index >= 15 is 0 Å². The molecule has 2 fully saturated rings. The summed E-state index contributed by atoms with van der Waals surface area (Å²) >= 11 is 12.2. The van der Waals surface area contributed by atoms with Gasteiger partial charge in [0.05, 0.1) is 11.6 Å². The Hall–Kier alpha value is -1.67. The predicted octanol–water partition coefficient (Wildman–Crippen LogP) is 4.74. The maximum atomic E-state index is 12.6. The third-order valence-corrected chi connectivity index (χ3v) is 7.40. The van der Waals surface area contributed by atoms with Gasteiger partial charge in [-0.25, -0.2) is 0 Å². The van der Waals surface area contributed by atoms with Crippen molar-refractivity contribution in [3.63, 3.8) is 0 Å². The van der Waals surface area contributed by atoms with Crippen molar-refractivity contribution in [3.8, 4) is 11.4 Å². The Bertz CT molecular complexity index is 951. The number of likely N-dealkylation sites (tertiary alicyclic amines) is 2. The van der Waals surface area contributed by atoms with Crippen molar-refractivity contribution in [2.45, 2.75) is 46.1 Å². The molecule has 2 atom stereocenters. The van der Waals surface area contributed by atoms with E-state index in [2.05, 4.69) is 39.1 Å². The standard InChI is InChI=1S/C25H35Cl2N5O2/c1-17-12-18(2)15-32(14-17)9-3-8-28-25(33)19-6-10-31(11-7-19)16-23-29-24(30-34-23)21-5-4-20(26)13-22(21)27/h4-5,13,17-19H,3,6-12,14-16H2,1-2H3,(H,28,33). The van der Waals surface area contributed by atoms with Crippen molar-refractivity contribution < 1.29 is 9.32 Å². The van der Waals surface area contributed by atoms with E-state index in [4.69, 9.17) is 27.7 Å². The third-order valence-electron chi connectivity index (χ3n) is 6.85. The van der Waals surface area contributed by atoms with Crippen LogP contribution >= 0.6 is 23.2 Å². The molecule has 0 saturated carbocycles. The van der Waals surface area contributed by atoms with Crippen molar-refractivity contribution in [1.29, 1.82) is 0 Å². The fourth-order valence-corrected chi connectivity index (χ4v) is 5.77. The molecule has 0 aliphatic carbocycles. The molecule has 2 aliphatic rings. The van der Waals surface area contributed by atoms with E-state index in [1.165, 1.54) is 19.5 Å². The number of piperidine rings is 2. The molecule has 0 spiro atoms. The number of carbonyl (C=O) groups excluding carboxylic acids is 1. The van der Waals surface area contributed by atoms with E-state index in [1.807, 2.05) is 0 Å². The zero-order chi connectivity index (χ0) is 24.1. The number of hydrogen-bond donors (Lipinski definition) is 1. The summed E-state index contributed by atoms with van der Waals surface area (Å²) in [6.45, 7) is 11.1. The third kappa shape index (κ3) is 6.94. The fourth-order valence-electron chi connectivity index (χ4n) is 5.28. The van der Waals surface area contributed by atoms with Gasteiger partial charge >= 0.3 is 0 Å². The van der Waals surface area contributed by atoms with E-state index in [-0.39, 0.29) is 11.8 Å². The Kier molecular flexibility index (Phi) is 8.86. The molecule has 0 bridgehead atoms. The molecule has 1 aromatic heterocycles. The Balaban J connectivity index is 1.16. The lowest BCUT2D eigenvalue weighted by molar-refractivity contribution is -0.126. The molecule has 3 heterocycles. The van der Waals surface area contributed by atoms with Crippen LogP contribution in [-0.2, 0) is 11.3 Å². The van der Waals surface area contributed by atoms with Crippen molar-refractivity contribution >= 4 is 29.1 Å². The van der Waals surface area contributed by atoms with Gasteiger partial charge in [-0.15, -0.1) is 0 Å². The summed E-state index contributed by atoms with van der Waals surface area (Å²) in [4.78, 5) is 21.9. The Morgan fingerprint density at radius 3 is 2.59 bits per heavy atom.